The van der Waals surface area contributed by atoms with E-state index in [1.54, 1.807) is 30.3 Å². The number of methoxy groups -OCH3 is 1. The van der Waals surface area contributed by atoms with Crippen molar-refractivity contribution in [1.29, 1.82) is 0 Å². The van der Waals surface area contributed by atoms with Crippen LogP contribution in [0.1, 0.15) is 10.4 Å². The molecule has 1 aliphatic rings. The Morgan fingerprint density at radius 2 is 2.00 bits per heavy atom. The molecule has 144 valence electrons. The zero-order valence-electron chi connectivity index (χ0n) is 14.9. The predicted molar refractivity (Wildman–Crippen MR) is 95.1 cm³/mol. The fraction of sp³-hybridized carbons (Fsp3) is 0.211. The summed E-state index contributed by atoms with van der Waals surface area (Å²) in [5.41, 5.74) is 0.417. The van der Waals surface area contributed by atoms with E-state index >= 15 is 0 Å². The quantitative estimate of drug-likeness (QED) is 0.603. The van der Waals surface area contributed by atoms with Crippen LogP contribution in [0.5, 0.6) is 17.5 Å². The van der Waals surface area contributed by atoms with E-state index in [9.17, 15) is 9.18 Å². The molecule has 0 saturated carbocycles. The van der Waals surface area contributed by atoms with E-state index in [2.05, 4.69) is 10.1 Å². The molecule has 0 unspecified atom stereocenters. The molecule has 2 aromatic carbocycles. The van der Waals surface area contributed by atoms with E-state index < -0.39 is 11.7 Å². The van der Waals surface area contributed by atoms with Gasteiger partial charge in [-0.3, -0.25) is 4.79 Å². The van der Waals surface area contributed by atoms with E-state index in [1.807, 2.05) is 0 Å². The van der Waals surface area contributed by atoms with Gasteiger partial charge < -0.3 is 18.9 Å². The molecule has 28 heavy (non-hydrogen) atoms. The Morgan fingerprint density at radius 1 is 1.18 bits per heavy atom. The van der Waals surface area contributed by atoms with Crippen molar-refractivity contribution in [3.63, 3.8) is 0 Å². The average molecular weight is 385 g/mol. The van der Waals surface area contributed by atoms with Crippen LogP contribution in [0.25, 0.3) is 11.4 Å². The van der Waals surface area contributed by atoms with E-state index in [1.165, 1.54) is 19.2 Å². The summed E-state index contributed by atoms with van der Waals surface area (Å²) in [6.45, 7) is 0.601. The molecule has 0 saturated heterocycles. The molecule has 0 aliphatic carbocycles. The lowest BCUT2D eigenvalue weighted by Gasteiger charge is -2.06. The molecule has 9 heteroatoms. The van der Waals surface area contributed by atoms with Crippen LogP contribution < -0.4 is 14.2 Å². The monoisotopic (exact) mass is 385 g/mol. The van der Waals surface area contributed by atoms with Crippen LogP contribution in [0.15, 0.2) is 42.5 Å². The number of halogens is 1. The van der Waals surface area contributed by atoms with Gasteiger partial charge in [0.25, 0.3) is 5.91 Å². The maximum absolute atomic E-state index is 14.3. The van der Waals surface area contributed by atoms with Crippen LogP contribution in [-0.2, 0) is 4.74 Å². The summed E-state index contributed by atoms with van der Waals surface area (Å²) >= 11 is 0. The number of carbonyl (C=O) groups excluding carboxylic acids is 1. The Morgan fingerprint density at radius 3 is 2.82 bits per heavy atom. The lowest BCUT2D eigenvalue weighted by molar-refractivity contribution is 0.0942. The minimum atomic E-state index is -0.530. The van der Waals surface area contributed by atoms with Gasteiger partial charge in [0, 0.05) is 12.7 Å². The maximum atomic E-state index is 14.3. The molecule has 0 spiro atoms. The van der Waals surface area contributed by atoms with Gasteiger partial charge in [0.05, 0.1) is 12.2 Å². The largest absolute Gasteiger partial charge is 0.460 e. The molecule has 0 fully saturated rings. The van der Waals surface area contributed by atoms with E-state index in [0.717, 1.165) is 4.68 Å². The molecule has 1 aliphatic heterocycles. The fourth-order valence-electron chi connectivity index (χ4n) is 2.68. The Hall–Kier alpha value is -3.46. The molecule has 0 radical (unpaired) electrons. The number of rotatable bonds is 6. The summed E-state index contributed by atoms with van der Waals surface area (Å²) in [7, 11) is 1.53. The molecule has 4 rings (SSSR count). The molecule has 0 amide bonds. The van der Waals surface area contributed by atoms with Crippen LogP contribution >= 0.6 is 0 Å². The van der Waals surface area contributed by atoms with Gasteiger partial charge in [-0.15, -0.1) is 5.10 Å². The number of fused-ring (bicyclic) bond motifs is 1. The van der Waals surface area contributed by atoms with Crippen molar-refractivity contribution < 1.29 is 28.1 Å². The topological polar surface area (TPSA) is 84.7 Å². The third-order valence-corrected chi connectivity index (χ3v) is 4.03. The number of hydrogen-bond donors (Lipinski definition) is 0. The summed E-state index contributed by atoms with van der Waals surface area (Å²) < 4.78 is 36.2. The molecule has 2 heterocycles. The second kappa shape index (κ2) is 7.65. The summed E-state index contributed by atoms with van der Waals surface area (Å²) in [5, 5.41) is 4.11. The van der Waals surface area contributed by atoms with Gasteiger partial charge in [-0.2, -0.15) is 9.67 Å². The number of carbonyl (C=O) groups is 1. The van der Waals surface area contributed by atoms with Gasteiger partial charge in [0.1, 0.15) is 12.4 Å². The zero-order valence-corrected chi connectivity index (χ0v) is 14.9. The minimum absolute atomic E-state index is 0.0354. The number of hydrogen-bond acceptors (Lipinski definition) is 7. The lowest BCUT2D eigenvalue weighted by Crippen LogP contribution is -2.16. The Bertz CT molecular complexity index is 1020. The van der Waals surface area contributed by atoms with Crippen molar-refractivity contribution in [2.24, 2.45) is 0 Å². The third kappa shape index (κ3) is 3.39. The van der Waals surface area contributed by atoms with Gasteiger partial charge in [-0.1, -0.05) is 12.1 Å². The molecule has 0 bridgehead atoms. The van der Waals surface area contributed by atoms with Gasteiger partial charge in [-0.05, 0) is 30.3 Å². The fourth-order valence-corrected chi connectivity index (χ4v) is 2.68. The van der Waals surface area contributed by atoms with Crippen molar-refractivity contribution in [3.05, 3.63) is 53.8 Å². The lowest BCUT2D eigenvalue weighted by atomic mass is 10.1. The molecule has 0 atom stereocenters. The molecular formula is C19H16FN3O5. The Labute approximate surface area is 159 Å². The van der Waals surface area contributed by atoms with Crippen LogP contribution in [0.4, 0.5) is 4.39 Å². The second-order valence-corrected chi connectivity index (χ2v) is 5.82. The first-order valence-electron chi connectivity index (χ1n) is 8.45. The van der Waals surface area contributed by atoms with Crippen LogP contribution in [-0.4, -0.2) is 47.8 Å². The van der Waals surface area contributed by atoms with Crippen LogP contribution in [0, 0.1) is 5.82 Å². The van der Waals surface area contributed by atoms with Crippen molar-refractivity contribution in [2.75, 3.05) is 27.1 Å². The molecule has 1 aromatic heterocycles. The first kappa shape index (κ1) is 17.9. The van der Waals surface area contributed by atoms with E-state index in [4.69, 9.17) is 18.9 Å². The number of aromatic nitrogens is 3. The number of ether oxygens (including phenoxy) is 4. The summed E-state index contributed by atoms with van der Waals surface area (Å²) in [6, 6.07) is 10.7. The highest BCUT2D eigenvalue weighted by molar-refractivity contribution is 5.98. The Balaban J connectivity index is 1.73. The summed E-state index contributed by atoms with van der Waals surface area (Å²) in [6.07, 6.45) is 0. The predicted octanol–water partition coefficient (Wildman–Crippen LogP) is 2.53. The smallest absolute Gasteiger partial charge is 0.336 e. The highest BCUT2D eigenvalue weighted by atomic mass is 19.1. The van der Waals surface area contributed by atoms with Crippen molar-refractivity contribution >= 4 is 5.91 Å². The third-order valence-electron chi connectivity index (χ3n) is 4.03. The van der Waals surface area contributed by atoms with E-state index in [0.29, 0.717) is 18.1 Å². The first-order valence-corrected chi connectivity index (χ1v) is 8.45. The minimum Gasteiger partial charge on any atom is -0.460 e. The van der Waals surface area contributed by atoms with Crippen molar-refractivity contribution in [3.8, 4) is 28.9 Å². The second-order valence-electron chi connectivity index (χ2n) is 5.82. The highest BCUT2D eigenvalue weighted by Gasteiger charge is 2.24. The highest BCUT2D eigenvalue weighted by Crippen LogP contribution is 2.33. The molecule has 3 aromatic rings. The maximum Gasteiger partial charge on any atom is 0.336 e. The Kier molecular flexibility index (Phi) is 4.90. The van der Waals surface area contributed by atoms with Gasteiger partial charge in [-0.25, -0.2) is 4.39 Å². The first-order chi connectivity index (χ1) is 13.7. The average Bonchev–Trinajstić information content (AvgIpc) is 3.34. The van der Waals surface area contributed by atoms with Gasteiger partial charge in [0.2, 0.25) is 6.79 Å². The molecular weight excluding hydrogens is 369 g/mol. The van der Waals surface area contributed by atoms with Crippen molar-refractivity contribution in [1.82, 2.24) is 14.8 Å². The van der Waals surface area contributed by atoms with Gasteiger partial charge >= 0.3 is 6.01 Å². The number of benzene rings is 2. The summed E-state index contributed by atoms with van der Waals surface area (Å²) in [4.78, 5) is 17.2. The standard InChI is InChI=1S/C19H16FN3O5/c1-25-8-9-26-19-21-17(13-4-2-3-5-14(13)20)23(22-19)18(24)12-6-7-15-16(10-12)28-11-27-15/h2-7,10H,8-9,11H2,1H3. The molecule has 0 N–H and O–H groups in total. The van der Waals surface area contributed by atoms with Crippen LogP contribution in [0.2, 0.25) is 0 Å². The normalized spacial score (nSPS) is 12.2. The van der Waals surface area contributed by atoms with Gasteiger partial charge in [0.15, 0.2) is 17.3 Å². The zero-order chi connectivity index (χ0) is 19.5. The van der Waals surface area contributed by atoms with Crippen LogP contribution in [0.3, 0.4) is 0 Å². The SMILES string of the molecule is COCCOc1nc(-c2ccccc2F)n(C(=O)c2ccc3c(c2)OCO3)n1. The van der Waals surface area contributed by atoms with E-state index in [-0.39, 0.29) is 36.4 Å². The number of nitrogens with zero attached hydrogens (tertiary/aromatic N) is 3. The summed E-state index contributed by atoms with van der Waals surface area (Å²) in [5.74, 6) is -0.0000583. The van der Waals surface area contributed by atoms with Crippen molar-refractivity contribution in [2.45, 2.75) is 0 Å². The molecule has 8 nitrogen and oxygen atoms in total.